The van der Waals surface area contributed by atoms with Crippen LogP contribution in [-0.2, 0) is 0 Å². The van der Waals surface area contributed by atoms with Crippen LogP contribution in [0.1, 0.15) is 50.2 Å². The minimum Gasteiger partial charge on any atom is -0.388 e. The Balaban J connectivity index is 2.11. The molecule has 0 unspecified atom stereocenters. The van der Waals surface area contributed by atoms with Crippen molar-refractivity contribution in [2.45, 2.75) is 44.6 Å². The van der Waals surface area contributed by atoms with Gasteiger partial charge >= 0.3 is 0 Å². The summed E-state index contributed by atoms with van der Waals surface area (Å²) in [6.45, 7) is 0. The first-order valence-electron chi connectivity index (χ1n) is 6.21. The van der Waals surface area contributed by atoms with Crippen molar-refractivity contribution in [1.29, 1.82) is 0 Å². The molecule has 1 saturated carbocycles. The van der Waals surface area contributed by atoms with Crippen LogP contribution in [0.15, 0.2) is 28.7 Å². The van der Waals surface area contributed by atoms with Crippen molar-refractivity contribution in [3.8, 4) is 0 Å². The molecule has 1 aliphatic carbocycles. The van der Waals surface area contributed by atoms with Crippen LogP contribution in [0.2, 0.25) is 0 Å². The van der Waals surface area contributed by atoms with E-state index in [-0.39, 0.29) is 6.10 Å². The summed E-state index contributed by atoms with van der Waals surface area (Å²) < 4.78 is 1.03. The van der Waals surface area contributed by atoms with E-state index in [0.717, 1.165) is 10.0 Å². The van der Waals surface area contributed by atoms with Gasteiger partial charge in [0.1, 0.15) is 0 Å². The van der Waals surface area contributed by atoms with E-state index in [1.54, 1.807) is 0 Å². The maximum atomic E-state index is 10.4. The molecule has 88 valence electrons. The van der Waals surface area contributed by atoms with E-state index in [0.29, 0.717) is 5.92 Å². The number of hydrogen-bond acceptors (Lipinski definition) is 1. The Labute approximate surface area is 106 Å². The molecule has 1 aliphatic rings. The van der Waals surface area contributed by atoms with Gasteiger partial charge in [-0.25, -0.2) is 0 Å². The van der Waals surface area contributed by atoms with Gasteiger partial charge in [-0.1, -0.05) is 59.8 Å². The lowest BCUT2D eigenvalue weighted by molar-refractivity contribution is 0.0981. The van der Waals surface area contributed by atoms with Crippen molar-refractivity contribution in [3.05, 3.63) is 34.3 Å². The van der Waals surface area contributed by atoms with Gasteiger partial charge in [0.25, 0.3) is 0 Å². The van der Waals surface area contributed by atoms with Gasteiger partial charge < -0.3 is 5.11 Å². The molecule has 2 heteroatoms. The summed E-state index contributed by atoms with van der Waals surface area (Å²) >= 11 is 3.52. The average molecular weight is 283 g/mol. The minimum atomic E-state index is -0.298. The second-order valence-corrected chi connectivity index (χ2v) is 5.57. The fraction of sp³-hybridized carbons (Fsp3) is 0.571. The third kappa shape index (κ3) is 2.86. The predicted octanol–water partition coefficient (Wildman–Crippen LogP) is 4.45. The van der Waals surface area contributed by atoms with Gasteiger partial charge in [0.2, 0.25) is 0 Å². The van der Waals surface area contributed by atoms with E-state index in [4.69, 9.17) is 0 Å². The summed E-state index contributed by atoms with van der Waals surface area (Å²) in [5.74, 6) is 0.446. The summed E-state index contributed by atoms with van der Waals surface area (Å²) in [7, 11) is 0. The van der Waals surface area contributed by atoms with E-state index in [2.05, 4.69) is 15.9 Å². The first kappa shape index (κ1) is 12.1. The van der Waals surface area contributed by atoms with Gasteiger partial charge in [0.15, 0.2) is 0 Å². The van der Waals surface area contributed by atoms with Gasteiger partial charge in [0, 0.05) is 4.47 Å². The molecule has 1 aromatic rings. The molecule has 0 amide bonds. The lowest BCUT2D eigenvalue weighted by atomic mass is 9.89. The summed E-state index contributed by atoms with van der Waals surface area (Å²) in [5, 5.41) is 10.4. The van der Waals surface area contributed by atoms with Crippen LogP contribution >= 0.6 is 15.9 Å². The van der Waals surface area contributed by atoms with Gasteiger partial charge in [-0.3, -0.25) is 0 Å². The summed E-state index contributed by atoms with van der Waals surface area (Å²) in [4.78, 5) is 0. The Morgan fingerprint density at radius 3 is 2.31 bits per heavy atom. The third-order valence-electron chi connectivity index (χ3n) is 3.57. The molecule has 1 N–H and O–H groups in total. The highest BCUT2D eigenvalue weighted by Crippen LogP contribution is 2.35. The first-order chi connectivity index (χ1) is 7.79. The Morgan fingerprint density at radius 1 is 1.06 bits per heavy atom. The highest BCUT2D eigenvalue weighted by atomic mass is 79.9. The van der Waals surface area contributed by atoms with Crippen molar-refractivity contribution >= 4 is 15.9 Å². The van der Waals surface area contributed by atoms with Crippen molar-refractivity contribution in [2.24, 2.45) is 5.92 Å². The maximum absolute atomic E-state index is 10.4. The Hall–Kier alpha value is -0.340. The molecule has 1 nitrogen and oxygen atoms in total. The summed E-state index contributed by atoms with van der Waals surface area (Å²) in [6.07, 6.45) is 7.25. The van der Waals surface area contributed by atoms with E-state index in [1.807, 2.05) is 24.3 Å². The molecule has 0 aliphatic heterocycles. The molecule has 0 spiro atoms. The zero-order valence-electron chi connectivity index (χ0n) is 9.53. The third-order valence-corrected chi connectivity index (χ3v) is 4.29. The lowest BCUT2D eigenvalue weighted by Crippen LogP contribution is -2.12. The van der Waals surface area contributed by atoms with Gasteiger partial charge in [-0.2, -0.15) is 0 Å². The van der Waals surface area contributed by atoms with E-state index < -0.39 is 0 Å². The first-order valence-corrected chi connectivity index (χ1v) is 7.01. The van der Waals surface area contributed by atoms with Crippen molar-refractivity contribution < 1.29 is 5.11 Å². The summed E-state index contributed by atoms with van der Waals surface area (Å²) in [6, 6.07) is 8.03. The number of benzene rings is 1. The SMILES string of the molecule is O[C@@H](c1ccccc1Br)C1CCCCCC1. The van der Waals surface area contributed by atoms with Crippen LogP contribution in [0.3, 0.4) is 0 Å². The largest absolute Gasteiger partial charge is 0.388 e. The van der Waals surface area contributed by atoms with Gasteiger partial charge in [-0.15, -0.1) is 0 Å². The smallest absolute Gasteiger partial charge is 0.0829 e. The molecule has 0 radical (unpaired) electrons. The number of aliphatic hydroxyl groups is 1. The van der Waals surface area contributed by atoms with Crippen molar-refractivity contribution in [2.75, 3.05) is 0 Å². The predicted molar refractivity (Wildman–Crippen MR) is 70.3 cm³/mol. The van der Waals surface area contributed by atoms with Gasteiger partial charge in [-0.05, 0) is 30.4 Å². The lowest BCUT2D eigenvalue weighted by Gasteiger charge is -2.22. The quantitative estimate of drug-likeness (QED) is 0.795. The molecule has 1 aromatic carbocycles. The normalized spacial score (nSPS) is 20.4. The minimum absolute atomic E-state index is 0.298. The number of halogens is 1. The Morgan fingerprint density at radius 2 is 1.69 bits per heavy atom. The monoisotopic (exact) mass is 282 g/mol. The standard InChI is InChI=1S/C14H19BrO/c15-13-10-6-5-9-12(13)14(16)11-7-3-1-2-4-8-11/h5-6,9-11,14,16H,1-4,7-8H2/t14-/m1/s1. The number of aliphatic hydroxyl groups excluding tert-OH is 1. The van der Waals surface area contributed by atoms with Crippen LogP contribution in [-0.4, -0.2) is 5.11 Å². The molecule has 16 heavy (non-hydrogen) atoms. The van der Waals surface area contributed by atoms with Crippen LogP contribution < -0.4 is 0 Å². The van der Waals surface area contributed by atoms with Gasteiger partial charge in [0.05, 0.1) is 6.10 Å². The zero-order chi connectivity index (χ0) is 11.4. The number of hydrogen-bond donors (Lipinski definition) is 1. The molecule has 1 atom stereocenters. The summed E-state index contributed by atoms with van der Waals surface area (Å²) in [5.41, 5.74) is 1.05. The van der Waals surface area contributed by atoms with Crippen molar-refractivity contribution in [3.63, 3.8) is 0 Å². The van der Waals surface area contributed by atoms with Crippen LogP contribution in [0.4, 0.5) is 0 Å². The molecular weight excluding hydrogens is 264 g/mol. The molecule has 2 rings (SSSR count). The second-order valence-electron chi connectivity index (χ2n) is 4.72. The fourth-order valence-electron chi connectivity index (χ4n) is 2.60. The van der Waals surface area contributed by atoms with Crippen LogP contribution in [0.25, 0.3) is 0 Å². The average Bonchev–Trinajstić information content (AvgIpc) is 2.57. The highest BCUT2D eigenvalue weighted by molar-refractivity contribution is 9.10. The molecule has 0 saturated heterocycles. The van der Waals surface area contributed by atoms with Crippen LogP contribution in [0.5, 0.6) is 0 Å². The second kappa shape index (κ2) is 5.83. The maximum Gasteiger partial charge on any atom is 0.0829 e. The van der Waals surface area contributed by atoms with Crippen LogP contribution in [0, 0.1) is 5.92 Å². The molecule has 1 fully saturated rings. The van der Waals surface area contributed by atoms with E-state index in [9.17, 15) is 5.11 Å². The Kier molecular flexibility index (Phi) is 4.42. The Bertz CT molecular complexity index is 329. The molecule has 0 bridgehead atoms. The zero-order valence-corrected chi connectivity index (χ0v) is 11.1. The topological polar surface area (TPSA) is 20.2 Å². The number of rotatable bonds is 2. The highest BCUT2D eigenvalue weighted by Gasteiger charge is 2.23. The molecule has 0 heterocycles. The fourth-order valence-corrected chi connectivity index (χ4v) is 3.11. The van der Waals surface area contributed by atoms with Crippen molar-refractivity contribution in [1.82, 2.24) is 0 Å². The van der Waals surface area contributed by atoms with E-state index >= 15 is 0 Å². The molecule has 0 aromatic heterocycles. The molecular formula is C14H19BrO. The van der Waals surface area contributed by atoms with E-state index in [1.165, 1.54) is 38.5 Å².